The molecule has 0 aliphatic carbocycles. The first-order valence-corrected chi connectivity index (χ1v) is 10.1. The normalized spacial score (nSPS) is 16.6. The minimum atomic E-state index is 0. The quantitative estimate of drug-likeness (QED) is 0.197. The van der Waals surface area contributed by atoms with Gasteiger partial charge in [0.25, 0.3) is 0 Å². The molecule has 2 heterocycles. The zero-order valence-corrected chi connectivity index (χ0v) is 19.2. The molecule has 1 aromatic rings. The van der Waals surface area contributed by atoms with Gasteiger partial charge in [-0.05, 0) is 38.7 Å². The van der Waals surface area contributed by atoms with Gasteiger partial charge >= 0.3 is 0 Å². The fourth-order valence-electron chi connectivity index (χ4n) is 2.92. The lowest BCUT2D eigenvalue weighted by atomic mass is 10.1. The summed E-state index contributed by atoms with van der Waals surface area (Å²) < 4.78 is 12.8. The molecule has 0 amide bonds. The highest BCUT2D eigenvalue weighted by atomic mass is 127. The van der Waals surface area contributed by atoms with Gasteiger partial charge in [0.1, 0.15) is 0 Å². The molecule has 1 aromatic heterocycles. The van der Waals surface area contributed by atoms with Crippen molar-refractivity contribution in [2.24, 2.45) is 10.9 Å². The van der Waals surface area contributed by atoms with E-state index in [9.17, 15) is 4.79 Å². The highest BCUT2D eigenvalue weighted by Crippen LogP contribution is 2.12. The summed E-state index contributed by atoms with van der Waals surface area (Å²) in [6.45, 7) is 8.48. The predicted molar refractivity (Wildman–Crippen MR) is 124 cm³/mol. The van der Waals surface area contributed by atoms with E-state index in [0.29, 0.717) is 5.92 Å². The first kappa shape index (κ1) is 24.9. The van der Waals surface area contributed by atoms with E-state index in [-0.39, 0.29) is 29.5 Å². The van der Waals surface area contributed by atoms with Crippen LogP contribution in [0.1, 0.15) is 32.6 Å². The molecule has 0 bridgehead atoms. The third kappa shape index (κ3) is 10.4. The lowest BCUT2D eigenvalue weighted by Crippen LogP contribution is -2.38. The molecular weight excluding hydrogens is 471 g/mol. The number of ether oxygens (including phenoxy) is 2. The zero-order chi connectivity index (χ0) is 19.2. The molecule has 1 aliphatic heterocycles. The Morgan fingerprint density at radius 1 is 1.32 bits per heavy atom. The summed E-state index contributed by atoms with van der Waals surface area (Å²) in [7, 11) is 0. The van der Waals surface area contributed by atoms with Crippen LogP contribution in [0.25, 0.3) is 0 Å². The van der Waals surface area contributed by atoms with Gasteiger partial charge in [-0.3, -0.25) is 9.79 Å². The fourth-order valence-corrected chi connectivity index (χ4v) is 2.92. The van der Waals surface area contributed by atoms with Crippen LogP contribution in [0.4, 0.5) is 0 Å². The second-order valence-corrected chi connectivity index (χ2v) is 6.78. The minimum absolute atomic E-state index is 0. The lowest BCUT2D eigenvalue weighted by Gasteiger charge is -2.12. The van der Waals surface area contributed by atoms with E-state index in [2.05, 4.69) is 22.5 Å². The van der Waals surface area contributed by atoms with Crippen LogP contribution >= 0.6 is 24.0 Å². The average Bonchev–Trinajstić information content (AvgIpc) is 3.19. The standard InChI is InChI=1S/C20H34N4O3.HI/c1-2-21-20(23-11-7-14-26-16-18-9-15-27-17-18)22-10-4-6-13-24-12-5-3-8-19(24)25;/h3,5,8,12,18H,2,4,6-7,9-11,13-17H2,1H3,(H2,21,22,23);1H. The van der Waals surface area contributed by atoms with Crippen LogP contribution in [0.5, 0.6) is 0 Å². The molecule has 2 N–H and O–H groups in total. The van der Waals surface area contributed by atoms with E-state index in [1.165, 1.54) is 0 Å². The zero-order valence-electron chi connectivity index (χ0n) is 16.9. The number of hydrogen-bond acceptors (Lipinski definition) is 4. The third-order valence-electron chi connectivity index (χ3n) is 4.46. The van der Waals surface area contributed by atoms with Crippen molar-refractivity contribution >= 4 is 29.9 Å². The van der Waals surface area contributed by atoms with Gasteiger partial charge in [0.2, 0.25) is 5.56 Å². The van der Waals surface area contributed by atoms with Crippen LogP contribution in [-0.4, -0.2) is 56.6 Å². The lowest BCUT2D eigenvalue weighted by molar-refractivity contribution is 0.0893. The second kappa shape index (κ2) is 15.8. The molecule has 0 radical (unpaired) electrons. The molecule has 1 atom stereocenters. The number of guanidine groups is 1. The van der Waals surface area contributed by atoms with E-state index in [1.807, 2.05) is 12.3 Å². The molecule has 160 valence electrons. The van der Waals surface area contributed by atoms with Gasteiger partial charge in [-0.1, -0.05) is 6.07 Å². The molecule has 1 saturated heterocycles. The Balaban J connectivity index is 0.00000392. The highest BCUT2D eigenvalue weighted by molar-refractivity contribution is 14.0. The minimum Gasteiger partial charge on any atom is -0.381 e. The van der Waals surface area contributed by atoms with Crippen LogP contribution < -0.4 is 16.2 Å². The molecule has 0 saturated carbocycles. The van der Waals surface area contributed by atoms with Gasteiger partial charge in [0.15, 0.2) is 5.96 Å². The second-order valence-electron chi connectivity index (χ2n) is 6.78. The molecule has 8 heteroatoms. The monoisotopic (exact) mass is 506 g/mol. The van der Waals surface area contributed by atoms with Crippen molar-refractivity contribution in [3.05, 3.63) is 34.7 Å². The van der Waals surface area contributed by atoms with Gasteiger partial charge in [-0.2, -0.15) is 0 Å². The number of aromatic nitrogens is 1. The van der Waals surface area contributed by atoms with Crippen LogP contribution in [0.3, 0.4) is 0 Å². The molecule has 7 nitrogen and oxygen atoms in total. The molecule has 2 rings (SSSR count). The van der Waals surface area contributed by atoms with Crippen LogP contribution in [0, 0.1) is 5.92 Å². The molecular formula is C20H35IN4O3. The molecule has 1 aliphatic rings. The number of rotatable bonds is 12. The summed E-state index contributed by atoms with van der Waals surface area (Å²) >= 11 is 0. The van der Waals surface area contributed by atoms with E-state index >= 15 is 0 Å². The average molecular weight is 506 g/mol. The van der Waals surface area contributed by atoms with E-state index < -0.39 is 0 Å². The molecule has 0 spiro atoms. The number of nitrogens with one attached hydrogen (secondary N) is 2. The number of pyridine rings is 1. The molecule has 28 heavy (non-hydrogen) atoms. The predicted octanol–water partition coefficient (Wildman–Crippen LogP) is 2.24. The van der Waals surface area contributed by atoms with Gasteiger partial charge in [-0.25, -0.2) is 0 Å². The van der Waals surface area contributed by atoms with Crippen molar-refractivity contribution in [1.29, 1.82) is 0 Å². The number of nitrogens with zero attached hydrogens (tertiary/aromatic N) is 2. The summed E-state index contributed by atoms with van der Waals surface area (Å²) in [6.07, 6.45) is 5.81. The third-order valence-corrected chi connectivity index (χ3v) is 4.46. The van der Waals surface area contributed by atoms with Crippen molar-refractivity contribution in [1.82, 2.24) is 15.2 Å². The van der Waals surface area contributed by atoms with Crippen molar-refractivity contribution in [3.63, 3.8) is 0 Å². The molecule has 1 fully saturated rings. The Bertz CT molecular complexity index is 603. The van der Waals surface area contributed by atoms with Gasteiger partial charge in [0.05, 0.1) is 13.2 Å². The first-order chi connectivity index (χ1) is 13.3. The van der Waals surface area contributed by atoms with Gasteiger partial charge in [0, 0.05) is 57.6 Å². The summed E-state index contributed by atoms with van der Waals surface area (Å²) in [4.78, 5) is 16.2. The van der Waals surface area contributed by atoms with E-state index in [0.717, 1.165) is 84.2 Å². The topological polar surface area (TPSA) is 76.9 Å². The Kier molecular flexibility index (Phi) is 14.0. The molecule has 0 aromatic carbocycles. The van der Waals surface area contributed by atoms with Gasteiger partial charge < -0.3 is 24.7 Å². The van der Waals surface area contributed by atoms with Crippen LogP contribution in [0.15, 0.2) is 34.2 Å². The number of aryl methyl sites for hydroxylation is 1. The first-order valence-electron chi connectivity index (χ1n) is 10.1. The van der Waals surface area contributed by atoms with Crippen LogP contribution in [-0.2, 0) is 16.0 Å². The summed E-state index contributed by atoms with van der Waals surface area (Å²) in [5, 5.41) is 6.61. The smallest absolute Gasteiger partial charge is 0.250 e. The number of halogens is 1. The Morgan fingerprint density at radius 2 is 2.21 bits per heavy atom. The van der Waals surface area contributed by atoms with E-state index in [4.69, 9.17) is 9.47 Å². The summed E-state index contributed by atoms with van der Waals surface area (Å²) in [5.41, 5.74) is 0.0584. The van der Waals surface area contributed by atoms with Crippen molar-refractivity contribution in [2.75, 3.05) is 46.1 Å². The largest absolute Gasteiger partial charge is 0.381 e. The Hall–Kier alpha value is -1.13. The van der Waals surface area contributed by atoms with Crippen LogP contribution in [0.2, 0.25) is 0 Å². The van der Waals surface area contributed by atoms with E-state index in [1.54, 1.807) is 16.7 Å². The van der Waals surface area contributed by atoms with Crippen molar-refractivity contribution in [2.45, 2.75) is 39.2 Å². The Labute approximate surface area is 185 Å². The summed E-state index contributed by atoms with van der Waals surface area (Å²) in [5.74, 6) is 1.41. The molecule has 1 unspecified atom stereocenters. The fraction of sp³-hybridized carbons (Fsp3) is 0.700. The number of unbranched alkanes of at least 4 members (excludes halogenated alkanes) is 1. The maximum absolute atomic E-state index is 11.6. The maximum Gasteiger partial charge on any atom is 0.250 e. The highest BCUT2D eigenvalue weighted by Gasteiger charge is 2.15. The number of aliphatic imine (C=N–C) groups is 1. The SMILES string of the molecule is CCNC(=NCCCOCC1CCOC1)NCCCCn1ccccc1=O.I. The number of hydrogen-bond donors (Lipinski definition) is 2. The Morgan fingerprint density at radius 3 is 2.96 bits per heavy atom. The summed E-state index contributed by atoms with van der Waals surface area (Å²) in [6, 6.07) is 5.26. The maximum atomic E-state index is 11.6. The van der Waals surface area contributed by atoms with Gasteiger partial charge in [-0.15, -0.1) is 24.0 Å². The van der Waals surface area contributed by atoms with Crippen molar-refractivity contribution < 1.29 is 9.47 Å². The van der Waals surface area contributed by atoms with Crippen molar-refractivity contribution in [3.8, 4) is 0 Å².